The van der Waals surface area contributed by atoms with E-state index in [1.807, 2.05) is 12.1 Å². The average molecular weight is 431 g/mol. The van der Waals surface area contributed by atoms with Gasteiger partial charge in [-0.25, -0.2) is 0 Å². The van der Waals surface area contributed by atoms with Gasteiger partial charge in [0.1, 0.15) is 5.75 Å². The molecule has 0 saturated carbocycles. The lowest BCUT2D eigenvalue weighted by atomic mass is 9.93. The van der Waals surface area contributed by atoms with Gasteiger partial charge in [-0.2, -0.15) is 0 Å². The van der Waals surface area contributed by atoms with Crippen LogP contribution in [0.2, 0.25) is 0 Å². The second-order valence-electron chi connectivity index (χ2n) is 3.74. The van der Waals surface area contributed by atoms with Crippen LogP contribution in [0.3, 0.4) is 0 Å². The molecule has 0 aliphatic carbocycles. The summed E-state index contributed by atoms with van der Waals surface area (Å²) in [5.74, 6) is 0.817. The molecule has 0 heterocycles. The monoisotopic (exact) mass is 431 g/mol. The zero-order chi connectivity index (χ0) is 11.6. The van der Waals surface area contributed by atoms with Gasteiger partial charge in [0, 0.05) is 6.04 Å². The van der Waals surface area contributed by atoms with E-state index >= 15 is 0 Å². The highest BCUT2D eigenvalue weighted by Gasteiger charge is 2.15. The highest BCUT2D eigenvalue weighted by Crippen LogP contribution is 2.31. The van der Waals surface area contributed by atoms with Crippen molar-refractivity contribution in [3.05, 3.63) is 24.8 Å². The highest BCUT2D eigenvalue weighted by atomic mass is 127. The fourth-order valence-electron chi connectivity index (χ4n) is 1.36. The molecule has 0 aromatic heterocycles. The minimum absolute atomic E-state index is 0.0534. The summed E-state index contributed by atoms with van der Waals surface area (Å²) >= 11 is 4.27. The summed E-state index contributed by atoms with van der Waals surface area (Å²) in [5.41, 5.74) is 7.26. The second-order valence-corrected chi connectivity index (χ2v) is 6.07. The summed E-state index contributed by atoms with van der Waals surface area (Å²) in [5, 5.41) is 9.65. The largest absolute Gasteiger partial charge is 0.506 e. The van der Waals surface area contributed by atoms with E-state index in [4.69, 9.17) is 5.73 Å². The quantitative estimate of drug-likeness (QED) is 0.719. The molecule has 3 N–H and O–H groups in total. The topological polar surface area (TPSA) is 46.2 Å². The predicted molar refractivity (Wildman–Crippen MR) is 79.9 cm³/mol. The van der Waals surface area contributed by atoms with Crippen LogP contribution in [0.4, 0.5) is 0 Å². The third-order valence-electron chi connectivity index (χ3n) is 2.68. The van der Waals surface area contributed by atoms with E-state index in [1.54, 1.807) is 0 Å². The van der Waals surface area contributed by atoms with Crippen molar-refractivity contribution in [1.82, 2.24) is 0 Å². The minimum atomic E-state index is 0.0534. The molecule has 0 amide bonds. The standard InChI is InChI=1S/C11H15I2NO/c1-3-6(2)10(14)7-4-8(12)11(15)9(13)5-7/h4-6,10,15H,3,14H2,1-2H3/t6?,10-/m0/s1. The van der Waals surface area contributed by atoms with Gasteiger partial charge in [0.05, 0.1) is 7.14 Å². The Morgan fingerprint density at radius 2 is 1.80 bits per heavy atom. The average Bonchev–Trinajstić information content (AvgIpc) is 2.23. The van der Waals surface area contributed by atoms with Gasteiger partial charge in [-0.1, -0.05) is 20.3 Å². The maximum absolute atomic E-state index is 9.65. The zero-order valence-corrected chi connectivity index (χ0v) is 13.1. The van der Waals surface area contributed by atoms with E-state index in [1.165, 1.54) is 0 Å². The molecule has 0 aliphatic heterocycles. The molecule has 0 aliphatic rings. The van der Waals surface area contributed by atoms with Crippen molar-refractivity contribution < 1.29 is 5.11 Å². The molecule has 1 aromatic carbocycles. The molecular formula is C11H15I2NO. The molecule has 84 valence electrons. The number of phenols is 1. The van der Waals surface area contributed by atoms with Gasteiger partial charge in [-0.3, -0.25) is 0 Å². The number of nitrogens with two attached hydrogens (primary N) is 1. The van der Waals surface area contributed by atoms with Crippen LogP contribution in [0.5, 0.6) is 5.75 Å². The molecule has 0 spiro atoms. The van der Waals surface area contributed by atoms with Crippen LogP contribution in [0.15, 0.2) is 12.1 Å². The first-order valence-electron chi connectivity index (χ1n) is 4.90. The molecule has 0 fully saturated rings. The Bertz CT molecular complexity index is 331. The van der Waals surface area contributed by atoms with Crippen LogP contribution in [0.1, 0.15) is 31.9 Å². The molecule has 0 radical (unpaired) electrons. The number of benzene rings is 1. The van der Waals surface area contributed by atoms with E-state index < -0.39 is 0 Å². The van der Waals surface area contributed by atoms with Gasteiger partial charge in [0.25, 0.3) is 0 Å². The van der Waals surface area contributed by atoms with E-state index in [0.29, 0.717) is 11.7 Å². The molecule has 4 heteroatoms. The number of rotatable bonds is 3. The summed E-state index contributed by atoms with van der Waals surface area (Å²) < 4.78 is 1.74. The molecule has 2 nitrogen and oxygen atoms in total. The van der Waals surface area contributed by atoms with Crippen LogP contribution >= 0.6 is 45.2 Å². The Balaban J connectivity index is 3.06. The van der Waals surface area contributed by atoms with Crippen LogP contribution in [0.25, 0.3) is 0 Å². The molecule has 0 bridgehead atoms. The fraction of sp³-hybridized carbons (Fsp3) is 0.455. The Labute approximate surface area is 118 Å². The SMILES string of the molecule is CCC(C)[C@H](N)c1cc(I)c(O)c(I)c1. The van der Waals surface area contributed by atoms with Crippen molar-refractivity contribution in [3.63, 3.8) is 0 Å². The Kier molecular flexibility index (Phi) is 5.11. The lowest BCUT2D eigenvalue weighted by Gasteiger charge is -2.19. The van der Waals surface area contributed by atoms with Crippen LogP contribution < -0.4 is 5.73 Å². The summed E-state index contributed by atoms with van der Waals surface area (Å²) in [6.07, 6.45) is 1.06. The van der Waals surface area contributed by atoms with Gasteiger partial charge >= 0.3 is 0 Å². The lowest BCUT2D eigenvalue weighted by molar-refractivity contribution is 0.450. The summed E-state index contributed by atoms with van der Waals surface area (Å²) in [6, 6.07) is 3.99. The van der Waals surface area contributed by atoms with E-state index in [2.05, 4.69) is 59.0 Å². The normalized spacial score (nSPS) is 15.0. The molecule has 1 unspecified atom stereocenters. The molecule has 1 rings (SSSR count). The first-order valence-corrected chi connectivity index (χ1v) is 7.06. The van der Waals surface area contributed by atoms with Crippen molar-refractivity contribution in [2.45, 2.75) is 26.3 Å². The third-order valence-corrected chi connectivity index (χ3v) is 4.33. The minimum Gasteiger partial charge on any atom is -0.506 e. The maximum atomic E-state index is 9.65. The number of hydrogen-bond acceptors (Lipinski definition) is 2. The van der Waals surface area contributed by atoms with Crippen molar-refractivity contribution in [3.8, 4) is 5.75 Å². The van der Waals surface area contributed by atoms with Crippen molar-refractivity contribution >= 4 is 45.2 Å². The number of aromatic hydroxyl groups is 1. The first-order chi connectivity index (χ1) is 6.97. The van der Waals surface area contributed by atoms with Crippen molar-refractivity contribution in [2.24, 2.45) is 11.7 Å². The summed E-state index contributed by atoms with van der Waals surface area (Å²) in [7, 11) is 0. The Hall–Kier alpha value is 0.440. The number of phenolic OH excluding ortho intramolecular Hbond substituents is 1. The maximum Gasteiger partial charge on any atom is 0.142 e. The Morgan fingerprint density at radius 3 is 2.20 bits per heavy atom. The van der Waals surface area contributed by atoms with E-state index in [-0.39, 0.29) is 6.04 Å². The Morgan fingerprint density at radius 1 is 1.33 bits per heavy atom. The molecule has 0 saturated heterocycles. The van der Waals surface area contributed by atoms with Crippen LogP contribution in [0, 0.1) is 13.1 Å². The van der Waals surface area contributed by atoms with E-state index in [0.717, 1.165) is 19.1 Å². The van der Waals surface area contributed by atoms with Crippen LogP contribution in [-0.4, -0.2) is 5.11 Å². The highest BCUT2D eigenvalue weighted by molar-refractivity contribution is 14.1. The molecular weight excluding hydrogens is 416 g/mol. The van der Waals surface area contributed by atoms with Crippen LogP contribution in [-0.2, 0) is 0 Å². The first kappa shape index (κ1) is 13.5. The molecule has 15 heavy (non-hydrogen) atoms. The fourth-order valence-corrected chi connectivity index (χ4v) is 3.18. The molecule has 2 atom stereocenters. The third kappa shape index (κ3) is 3.20. The van der Waals surface area contributed by atoms with E-state index in [9.17, 15) is 5.11 Å². The van der Waals surface area contributed by atoms with Gasteiger partial charge in [-0.15, -0.1) is 0 Å². The number of halogens is 2. The van der Waals surface area contributed by atoms with Gasteiger partial charge < -0.3 is 10.8 Å². The second kappa shape index (κ2) is 5.67. The van der Waals surface area contributed by atoms with Gasteiger partial charge in [0.2, 0.25) is 0 Å². The molecule has 1 aromatic rings. The van der Waals surface area contributed by atoms with Crippen molar-refractivity contribution in [2.75, 3.05) is 0 Å². The zero-order valence-electron chi connectivity index (χ0n) is 8.80. The van der Waals surface area contributed by atoms with Gasteiger partial charge in [0.15, 0.2) is 0 Å². The van der Waals surface area contributed by atoms with Gasteiger partial charge in [-0.05, 0) is 68.8 Å². The predicted octanol–water partition coefficient (Wildman–Crippen LogP) is 3.65. The van der Waals surface area contributed by atoms with Crippen molar-refractivity contribution in [1.29, 1.82) is 0 Å². The summed E-state index contributed by atoms with van der Waals surface area (Å²) in [4.78, 5) is 0. The summed E-state index contributed by atoms with van der Waals surface area (Å²) in [6.45, 7) is 4.29. The number of hydrogen-bond donors (Lipinski definition) is 2. The smallest absolute Gasteiger partial charge is 0.142 e. The lowest BCUT2D eigenvalue weighted by Crippen LogP contribution is -2.18.